The smallest absolute Gasteiger partial charge is 0.00975 e. The molecule has 0 aliphatic rings. The van der Waals surface area contributed by atoms with E-state index in [9.17, 15) is 0 Å². The second-order valence-corrected chi connectivity index (χ2v) is 2.73. The molecule has 0 heterocycles. The van der Waals surface area contributed by atoms with E-state index in [0.717, 1.165) is 6.54 Å². The molecule has 3 N–H and O–H groups in total. The summed E-state index contributed by atoms with van der Waals surface area (Å²) in [5, 5.41) is 0. The summed E-state index contributed by atoms with van der Waals surface area (Å²) < 4.78 is 0. The topological polar surface area (TPSA) is 38.0 Å². The van der Waals surface area contributed by atoms with Crippen LogP contribution in [0.4, 0.5) is 0 Å². The van der Waals surface area contributed by atoms with E-state index in [1.54, 1.807) is 0 Å². The molecular formula is C8H18N2. The van der Waals surface area contributed by atoms with Crippen LogP contribution in [0.2, 0.25) is 0 Å². The van der Waals surface area contributed by atoms with Gasteiger partial charge in [-0.05, 0) is 33.1 Å². The molecule has 0 fully saturated rings. The van der Waals surface area contributed by atoms with Crippen molar-refractivity contribution in [2.45, 2.75) is 33.1 Å². The highest BCUT2D eigenvalue weighted by atomic mass is 15.2. The van der Waals surface area contributed by atoms with Crippen LogP contribution in [0, 0.1) is 0 Å². The maximum Gasteiger partial charge on any atom is 0.00975 e. The van der Waals surface area contributed by atoms with E-state index >= 15 is 0 Å². The van der Waals surface area contributed by atoms with Gasteiger partial charge in [0.05, 0.1) is 0 Å². The molecule has 0 saturated heterocycles. The van der Waals surface area contributed by atoms with Gasteiger partial charge in [0.1, 0.15) is 0 Å². The maximum absolute atomic E-state index is 5.11. The van der Waals surface area contributed by atoms with Crippen LogP contribution in [-0.4, -0.2) is 6.54 Å². The van der Waals surface area contributed by atoms with Gasteiger partial charge in [-0.1, -0.05) is 11.6 Å². The number of unbranched alkanes of at least 4 members (excludes halogenated alkanes) is 2. The first-order valence-electron chi connectivity index (χ1n) is 3.84. The van der Waals surface area contributed by atoms with Crippen LogP contribution < -0.4 is 11.3 Å². The zero-order chi connectivity index (χ0) is 7.82. The van der Waals surface area contributed by atoms with Gasteiger partial charge in [0.25, 0.3) is 0 Å². The molecule has 0 saturated carbocycles. The Bertz CT molecular complexity index is 93.4. The summed E-state index contributed by atoms with van der Waals surface area (Å²) in [4.78, 5) is 0. The number of nitrogens with two attached hydrogens (primary N) is 1. The monoisotopic (exact) mass is 142 g/mol. The van der Waals surface area contributed by atoms with Crippen molar-refractivity contribution in [3.63, 3.8) is 0 Å². The van der Waals surface area contributed by atoms with Crippen LogP contribution in [0.15, 0.2) is 11.6 Å². The molecule has 0 spiro atoms. The number of nitrogens with one attached hydrogen (secondary N) is 1. The van der Waals surface area contributed by atoms with Crippen molar-refractivity contribution in [3.8, 4) is 0 Å². The molecule has 0 radical (unpaired) electrons. The third-order valence-corrected chi connectivity index (χ3v) is 1.33. The van der Waals surface area contributed by atoms with Crippen LogP contribution >= 0.6 is 0 Å². The Morgan fingerprint density at radius 3 is 2.60 bits per heavy atom. The van der Waals surface area contributed by atoms with Crippen LogP contribution in [0.25, 0.3) is 0 Å². The maximum atomic E-state index is 5.11. The van der Waals surface area contributed by atoms with E-state index in [4.69, 9.17) is 5.84 Å². The second-order valence-electron chi connectivity index (χ2n) is 2.73. The molecule has 0 rings (SSSR count). The minimum atomic E-state index is 0.927. The minimum absolute atomic E-state index is 0.927. The Hall–Kier alpha value is -0.340. The first-order chi connectivity index (χ1) is 4.77. The normalized spacial score (nSPS) is 9.50. The molecule has 0 aromatic rings. The molecule has 0 aliphatic carbocycles. The van der Waals surface area contributed by atoms with Crippen molar-refractivity contribution in [2.75, 3.05) is 6.54 Å². The molecule has 2 nitrogen and oxygen atoms in total. The molecule has 0 aromatic carbocycles. The lowest BCUT2D eigenvalue weighted by Gasteiger charge is -1.96. The molecule has 0 aliphatic heterocycles. The highest BCUT2D eigenvalue weighted by Crippen LogP contribution is 1.98. The van der Waals surface area contributed by atoms with Gasteiger partial charge in [-0.15, -0.1) is 0 Å². The summed E-state index contributed by atoms with van der Waals surface area (Å²) in [6.45, 7) is 5.18. The van der Waals surface area contributed by atoms with Crippen molar-refractivity contribution < 1.29 is 0 Å². The Morgan fingerprint density at radius 1 is 1.40 bits per heavy atom. The predicted octanol–water partition coefficient (Wildman–Crippen LogP) is 1.59. The summed E-state index contributed by atoms with van der Waals surface area (Å²) >= 11 is 0. The lowest BCUT2D eigenvalue weighted by Crippen LogP contribution is -2.22. The fourth-order valence-corrected chi connectivity index (χ4v) is 0.762. The zero-order valence-corrected chi connectivity index (χ0v) is 6.98. The summed E-state index contributed by atoms with van der Waals surface area (Å²) in [5.41, 5.74) is 4.04. The van der Waals surface area contributed by atoms with E-state index in [0.29, 0.717) is 0 Å². The van der Waals surface area contributed by atoms with Gasteiger partial charge in [-0.3, -0.25) is 11.3 Å². The quantitative estimate of drug-likeness (QED) is 0.265. The zero-order valence-electron chi connectivity index (χ0n) is 6.98. The summed E-state index contributed by atoms with van der Waals surface area (Å²) in [7, 11) is 0. The second kappa shape index (κ2) is 6.78. The molecule has 0 bridgehead atoms. The van der Waals surface area contributed by atoms with Gasteiger partial charge in [-0.25, -0.2) is 0 Å². The highest BCUT2D eigenvalue weighted by molar-refractivity contribution is 4.92. The molecular weight excluding hydrogens is 124 g/mol. The average molecular weight is 142 g/mol. The van der Waals surface area contributed by atoms with E-state index in [2.05, 4.69) is 25.3 Å². The minimum Gasteiger partial charge on any atom is -0.271 e. The van der Waals surface area contributed by atoms with Crippen LogP contribution in [0.3, 0.4) is 0 Å². The van der Waals surface area contributed by atoms with Gasteiger partial charge in [0.2, 0.25) is 0 Å². The van der Waals surface area contributed by atoms with E-state index < -0.39 is 0 Å². The fourth-order valence-electron chi connectivity index (χ4n) is 0.762. The van der Waals surface area contributed by atoms with Crippen molar-refractivity contribution in [1.29, 1.82) is 0 Å². The number of hydrogen-bond donors (Lipinski definition) is 2. The van der Waals surface area contributed by atoms with Crippen molar-refractivity contribution >= 4 is 0 Å². The summed E-state index contributed by atoms with van der Waals surface area (Å²) in [5.74, 6) is 5.11. The molecule has 0 amide bonds. The van der Waals surface area contributed by atoms with Crippen molar-refractivity contribution in [2.24, 2.45) is 5.84 Å². The lowest BCUT2D eigenvalue weighted by atomic mass is 10.2. The molecule has 0 atom stereocenters. The highest BCUT2D eigenvalue weighted by Gasteiger charge is 1.83. The number of allylic oxidation sites excluding steroid dienone is 2. The Labute approximate surface area is 63.5 Å². The van der Waals surface area contributed by atoms with Gasteiger partial charge < -0.3 is 0 Å². The largest absolute Gasteiger partial charge is 0.271 e. The molecule has 10 heavy (non-hydrogen) atoms. The Balaban J connectivity index is 2.98. The SMILES string of the molecule is CC(C)=CCCCCNN. The molecule has 2 heteroatoms. The van der Waals surface area contributed by atoms with Crippen LogP contribution in [0.1, 0.15) is 33.1 Å². The Kier molecular flexibility index (Phi) is 6.55. The average Bonchev–Trinajstić information content (AvgIpc) is 1.87. The van der Waals surface area contributed by atoms with E-state index in [-0.39, 0.29) is 0 Å². The third-order valence-electron chi connectivity index (χ3n) is 1.33. The predicted molar refractivity (Wildman–Crippen MR) is 45.5 cm³/mol. The van der Waals surface area contributed by atoms with Crippen molar-refractivity contribution in [3.05, 3.63) is 11.6 Å². The van der Waals surface area contributed by atoms with Crippen LogP contribution in [0.5, 0.6) is 0 Å². The first-order valence-corrected chi connectivity index (χ1v) is 3.84. The summed E-state index contributed by atoms with van der Waals surface area (Å²) in [6, 6.07) is 0. The Morgan fingerprint density at radius 2 is 2.10 bits per heavy atom. The molecule has 60 valence electrons. The number of hydrogen-bond acceptors (Lipinski definition) is 2. The van der Waals surface area contributed by atoms with Gasteiger partial charge in [0, 0.05) is 6.54 Å². The fraction of sp³-hybridized carbons (Fsp3) is 0.750. The van der Waals surface area contributed by atoms with E-state index in [1.807, 2.05) is 0 Å². The van der Waals surface area contributed by atoms with Gasteiger partial charge in [0.15, 0.2) is 0 Å². The van der Waals surface area contributed by atoms with E-state index in [1.165, 1.54) is 24.8 Å². The van der Waals surface area contributed by atoms with Gasteiger partial charge in [-0.2, -0.15) is 0 Å². The van der Waals surface area contributed by atoms with Crippen molar-refractivity contribution in [1.82, 2.24) is 5.43 Å². The lowest BCUT2D eigenvalue weighted by molar-refractivity contribution is 0.650. The number of hydrazine groups is 1. The molecule has 0 aromatic heterocycles. The first kappa shape index (κ1) is 9.66. The van der Waals surface area contributed by atoms with Crippen LogP contribution in [-0.2, 0) is 0 Å². The molecule has 0 unspecified atom stereocenters. The summed E-state index contributed by atoms with van der Waals surface area (Å²) in [6.07, 6.45) is 5.84. The van der Waals surface area contributed by atoms with Gasteiger partial charge >= 0.3 is 0 Å². The standard InChI is InChI=1S/C8H18N2/c1-8(2)6-4-3-5-7-10-9/h6,10H,3-5,7,9H2,1-2H3. The third kappa shape index (κ3) is 7.66. The number of rotatable bonds is 5.